The number of pyridine rings is 1. The Morgan fingerprint density at radius 1 is 1.39 bits per heavy atom. The zero-order valence-electron chi connectivity index (χ0n) is 13.2. The van der Waals surface area contributed by atoms with Crippen LogP contribution in [0.3, 0.4) is 0 Å². The Bertz CT molecular complexity index is 625. The zero-order chi connectivity index (χ0) is 16.2. The molecule has 0 aromatic carbocycles. The molecule has 0 saturated carbocycles. The summed E-state index contributed by atoms with van der Waals surface area (Å²) in [6.45, 7) is 5.04. The molecule has 122 valence electrons. The average molecular weight is 332 g/mol. The molecule has 1 aromatic heterocycles. The van der Waals surface area contributed by atoms with Crippen molar-refractivity contribution >= 4 is 23.5 Å². The molecule has 23 heavy (non-hydrogen) atoms. The van der Waals surface area contributed by atoms with Crippen LogP contribution in [0.25, 0.3) is 0 Å². The van der Waals surface area contributed by atoms with Crippen LogP contribution >= 0.6 is 11.8 Å². The summed E-state index contributed by atoms with van der Waals surface area (Å²) in [5, 5.41) is 9.29. The maximum Gasteiger partial charge on any atom is 0.253 e. The summed E-state index contributed by atoms with van der Waals surface area (Å²) in [6.07, 6.45) is -0.472. The third kappa shape index (κ3) is 3.59. The van der Waals surface area contributed by atoms with Gasteiger partial charge in [0.05, 0.1) is 18.7 Å². The number of rotatable bonds is 2. The molecule has 0 radical (unpaired) electrons. The van der Waals surface area contributed by atoms with E-state index in [1.807, 2.05) is 34.6 Å². The molecule has 2 fully saturated rings. The van der Waals surface area contributed by atoms with Crippen LogP contribution in [0, 0.1) is 18.3 Å². The van der Waals surface area contributed by atoms with Gasteiger partial charge in [-0.3, -0.25) is 4.79 Å². The Kier molecular flexibility index (Phi) is 5.03. The number of nitriles is 1. The summed E-state index contributed by atoms with van der Waals surface area (Å²) >= 11 is 1.88. The number of hydrogen-bond acceptors (Lipinski definition) is 6. The molecular weight excluding hydrogens is 312 g/mol. The second-order valence-electron chi connectivity index (χ2n) is 5.68. The van der Waals surface area contributed by atoms with Gasteiger partial charge in [0, 0.05) is 36.8 Å². The molecule has 1 atom stereocenters. The summed E-state index contributed by atoms with van der Waals surface area (Å²) < 4.78 is 5.70. The van der Waals surface area contributed by atoms with E-state index in [2.05, 4.69) is 11.1 Å². The lowest BCUT2D eigenvalue weighted by atomic mass is 10.2. The van der Waals surface area contributed by atoms with Crippen molar-refractivity contribution < 1.29 is 9.53 Å². The number of thioether (sulfide) groups is 1. The molecule has 1 unspecified atom stereocenters. The van der Waals surface area contributed by atoms with Crippen LogP contribution in [0.15, 0.2) is 12.1 Å². The number of carbonyl (C=O) groups is 1. The van der Waals surface area contributed by atoms with E-state index < -0.39 is 6.10 Å². The molecule has 7 heteroatoms. The predicted molar refractivity (Wildman–Crippen MR) is 89.5 cm³/mol. The SMILES string of the molecule is Cc1ccc(C#N)c(N2CCOC(C(=O)N3CCSCC3)C2)n1. The van der Waals surface area contributed by atoms with Gasteiger partial charge in [-0.2, -0.15) is 17.0 Å². The molecule has 1 aromatic rings. The lowest BCUT2D eigenvalue weighted by molar-refractivity contribution is -0.144. The Balaban J connectivity index is 1.74. The van der Waals surface area contributed by atoms with Gasteiger partial charge < -0.3 is 14.5 Å². The molecule has 2 aliphatic rings. The van der Waals surface area contributed by atoms with Crippen molar-refractivity contribution in [3.8, 4) is 6.07 Å². The van der Waals surface area contributed by atoms with Crippen molar-refractivity contribution in [2.75, 3.05) is 49.2 Å². The average Bonchev–Trinajstić information content (AvgIpc) is 2.62. The quantitative estimate of drug-likeness (QED) is 0.806. The lowest BCUT2D eigenvalue weighted by Gasteiger charge is -2.36. The van der Waals surface area contributed by atoms with Gasteiger partial charge in [-0.25, -0.2) is 4.98 Å². The highest BCUT2D eigenvalue weighted by atomic mass is 32.2. The lowest BCUT2D eigenvalue weighted by Crippen LogP contribution is -2.53. The fourth-order valence-electron chi connectivity index (χ4n) is 2.85. The van der Waals surface area contributed by atoms with Crippen LogP contribution in [-0.2, 0) is 9.53 Å². The first-order valence-electron chi connectivity index (χ1n) is 7.80. The van der Waals surface area contributed by atoms with Crippen molar-refractivity contribution in [2.45, 2.75) is 13.0 Å². The molecule has 0 aliphatic carbocycles. The molecule has 2 saturated heterocycles. The molecular formula is C16H20N4O2S. The fourth-order valence-corrected chi connectivity index (χ4v) is 3.75. The van der Waals surface area contributed by atoms with E-state index in [0.29, 0.717) is 31.1 Å². The van der Waals surface area contributed by atoms with Crippen molar-refractivity contribution in [1.29, 1.82) is 5.26 Å². The highest BCUT2D eigenvalue weighted by molar-refractivity contribution is 7.99. The number of nitrogens with zero attached hydrogens (tertiary/aromatic N) is 4. The molecule has 0 N–H and O–H groups in total. The van der Waals surface area contributed by atoms with Gasteiger partial charge in [0.2, 0.25) is 0 Å². The maximum absolute atomic E-state index is 12.6. The fraction of sp³-hybridized carbons (Fsp3) is 0.562. The maximum atomic E-state index is 12.6. The summed E-state index contributed by atoms with van der Waals surface area (Å²) in [5.41, 5.74) is 1.40. The Labute approximate surface area is 140 Å². The number of hydrogen-bond donors (Lipinski definition) is 0. The van der Waals surface area contributed by atoms with Crippen molar-refractivity contribution in [3.63, 3.8) is 0 Å². The monoisotopic (exact) mass is 332 g/mol. The molecule has 6 nitrogen and oxygen atoms in total. The molecule has 0 spiro atoms. The first kappa shape index (κ1) is 16.1. The second kappa shape index (κ2) is 7.20. The summed E-state index contributed by atoms with van der Waals surface area (Å²) in [7, 11) is 0. The van der Waals surface area contributed by atoms with Crippen molar-refractivity contribution in [1.82, 2.24) is 9.88 Å². The molecule has 3 heterocycles. The number of anilines is 1. The van der Waals surface area contributed by atoms with E-state index in [1.165, 1.54) is 0 Å². The van der Waals surface area contributed by atoms with Crippen LogP contribution in [0.4, 0.5) is 5.82 Å². The van der Waals surface area contributed by atoms with E-state index in [1.54, 1.807) is 6.07 Å². The zero-order valence-corrected chi connectivity index (χ0v) is 14.0. The first-order chi connectivity index (χ1) is 11.2. The summed E-state index contributed by atoms with van der Waals surface area (Å²) in [4.78, 5) is 21.0. The highest BCUT2D eigenvalue weighted by Gasteiger charge is 2.32. The first-order valence-corrected chi connectivity index (χ1v) is 8.95. The number of aryl methyl sites for hydroxylation is 1. The predicted octanol–water partition coefficient (Wildman–Crippen LogP) is 1.04. The molecule has 2 aliphatic heterocycles. The topological polar surface area (TPSA) is 69.5 Å². The van der Waals surface area contributed by atoms with Gasteiger partial charge >= 0.3 is 0 Å². The van der Waals surface area contributed by atoms with Gasteiger partial charge in [-0.15, -0.1) is 0 Å². The van der Waals surface area contributed by atoms with Gasteiger partial charge in [-0.05, 0) is 19.1 Å². The standard InChI is InChI=1S/C16H20N4O2S/c1-12-2-3-13(10-17)15(18-12)20-4-7-22-14(11-20)16(21)19-5-8-23-9-6-19/h2-3,14H,4-9,11H2,1H3. The summed E-state index contributed by atoms with van der Waals surface area (Å²) in [6, 6.07) is 5.80. The van der Waals surface area contributed by atoms with Crippen LogP contribution in [0.5, 0.6) is 0 Å². The van der Waals surface area contributed by atoms with Crippen molar-refractivity contribution in [3.05, 3.63) is 23.4 Å². The van der Waals surface area contributed by atoms with Crippen LogP contribution < -0.4 is 4.90 Å². The highest BCUT2D eigenvalue weighted by Crippen LogP contribution is 2.22. The molecule has 1 amide bonds. The van der Waals surface area contributed by atoms with E-state index in [9.17, 15) is 10.1 Å². The van der Waals surface area contributed by atoms with Gasteiger partial charge in [0.25, 0.3) is 5.91 Å². The van der Waals surface area contributed by atoms with E-state index in [0.717, 1.165) is 30.3 Å². The number of ether oxygens (including phenoxy) is 1. The van der Waals surface area contributed by atoms with Crippen LogP contribution in [0.2, 0.25) is 0 Å². The smallest absolute Gasteiger partial charge is 0.253 e. The third-order valence-corrected chi connectivity index (χ3v) is 5.04. The van der Waals surface area contributed by atoms with Crippen molar-refractivity contribution in [2.24, 2.45) is 0 Å². The third-order valence-electron chi connectivity index (χ3n) is 4.10. The van der Waals surface area contributed by atoms with Gasteiger partial charge in [-0.1, -0.05) is 0 Å². The second-order valence-corrected chi connectivity index (χ2v) is 6.90. The van der Waals surface area contributed by atoms with Gasteiger partial charge in [0.15, 0.2) is 6.10 Å². The minimum atomic E-state index is -0.472. The minimum Gasteiger partial charge on any atom is -0.365 e. The van der Waals surface area contributed by atoms with Gasteiger partial charge in [0.1, 0.15) is 11.9 Å². The largest absolute Gasteiger partial charge is 0.365 e. The van der Waals surface area contributed by atoms with E-state index in [4.69, 9.17) is 4.74 Å². The Morgan fingerprint density at radius 2 is 2.17 bits per heavy atom. The number of amides is 1. The molecule has 0 bridgehead atoms. The Hall–Kier alpha value is -1.78. The van der Waals surface area contributed by atoms with E-state index >= 15 is 0 Å². The number of aromatic nitrogens is 1. The number of morpholine rings is 1. The van der Waals surface area contributed by atoms with E-state index in [-0.39, 0.29) is 5.91 Å². The molecule has 3 rings (SSSR count). The van der Waals surface area contributed by atoms with Crippen LogP contribution in [-0.4, -0.2) is 66.2 Å². The summed E-state index contributed by atoms with van der Waals surface area (Å²) in [5.74, 6) is 2.68. The Morgan fingerprint density at radius 3 is 2.91 bits per heavy atom. The minimum absolute atomic E-state index is 0.0566. The van der Waals surface area contributed by atoms with Crippen LogP contribution in [0.1, 0.15) is 11.3 Å². The number of carbonyl (C=O) groups excluding carboxylic acids is 1. The normalized spacial score (nSPS) is 21.8.